The molecule has 2 bridgehead atoms. The third kappa shape index (κ3) is 18.4. The second-order valence-corrected chi connectivity index (χ2v) is 11.5. The van der Waals surface area contributed by atoms with Gasteiger partial charge in [-0.05, 0) is 18.0 Å². The molecule has 0 amide bonds. The summed E-state index contributed by atoms with van der Waals surface area (Å²) in [5, 5.41) is 9.29. The minimum absolute atomic E-state index is 0.172. The Morgan fingerprint density at radius 3 is 1.61 bits per heavy atom. The average Bonchev–Trinajstić information content (AvgIpc) is 3.06. The summed E-state index contributed by atoms with van der Waals surface area (Å²) in [7, 11) is -21.3. The van der Waals surface area contributed by atoms with Gasteiger partial charge in [0.2, 0.25) is 0 Å². The standard InChI is InChI=1S/C13H21N3O.2F6P/c1-9(17)14-11-4-7-13(8-11)16-12-5-2-10(15-16)3-6-12;2*1-7(2,3,4,5)6/h10-13H,2-8H2,1H3;;/q;2*-1/p+2/i/hD2. The molecule has 2 atom stereocenters. The van der Waals surface area contributed by atoms with Gasteiger partial charge in [-0.25, -0.2) is 4.99 Å². The second-order valence-electron chi connectivity index (χ2n) is 7.64. The van der Waals surface area contributed by atoms with Gasteiger partial charge in [0.15, 0.2) is 18.1 Å². The van der Waals surface area contributed by atoms with Gasteiger partial charge in [-0.2, -0.15) is 0 Å². The number of aliphatic hydroxyl groups is 1. The van der Waals surface area contributed by atoms with E-state index in [0.29, 0.717) is 24.0 Å². The molecular formula is C13H23F12N3OP2. The molecular weight excluding hydrogens is 504 g/mol. The van der Waals surface area contributed by atoms with E-state index in [9.17, 15) is 50.4 Å². The van der Waals surface area contributed by atoms with E-state index >= 15 is 0 Å². The fourth-order valence-electron chi connectivity index (χ4n) is 3.66. The maximum atomic E-state index is 9.87. The molecule has 2 fully saturated rings. The molecule has 4 aliphatic rings. The molecule has 2 heterocycles. The van der Waals surface area contributed by atoms with Crippen molar-refractivity contribution in [2.45, 2.75) is 76.0 Å². The Balaban J connectivity index is 0.000000324. The smallest absolute Gasteiger partial charge is 0.449 e. The third-order valence-corrected chi connectivity index (χ3v) is 4.45. The molecule has 2 aliphatic carbocycles. The van der Waals surface area contributed by atoms with E-state index in [0.717, 1.165) is 19.3 Å². The first kappa shape index (κ1) is 24.7. The molecule has 2 aliphatic heterocycles. The first-order valence-electron chi connectivity index (χ1n) is 9.81. The minimum atomic E-state index is -10.7. The predicted octanol–water partition coefficient (Wildman–Crippen LogP) is 7.52. The van der Waals surface area contributed by atoms with Gasteiger partial charge in [-0.1, -0.05) is 0 Å². The molecule has 0 aromatic heterocycles. The molecule has 18 heteroatoms. The van der Waals surface area contributed by atoms with Crippen LogP contribution in [0.15, 0.2) is 5.11 Å². The van der Waals surface area contributed by atoms with Crippen LogP contribution >= 0.6 is 15.6 Å². The van der Waals surface area contributed by atoms with E-state index in [-0.39, 0.29) is 6.04 Å². The van der Waals surface area contributed by atoms with E-state index in [1.807, 2.05) is 0 Å². The van der Waals surface area contributed by atoms with Crippen molar-refractivity contribution in [3.63, 3.8) is 0 Å². The van der Waals surface area contributed by atoms with E-state index in [4.69, 9.17) is 7.96 Å². The second kappa shape index (κ2) is 7.30. The van der Waals surface area contributed by atoms with Gasteiger partial charge in [0, 0.05) is 25.7 Å². The van der Waals surface area contributed by atoms with Crippen molar-refractivity contribution >= 4 is 21.5 Å². The molecule has 0 saturated heterocycles. The van der Waals surface area contributed by atoms with Gasteiger partial charge in [0.1, 0.15) is 6.04 Å². The number of hydrogen-bond donors (Lipinski definition) is 2. The predicted molar refractivity (Wildman–Crippen MR) is 91.6 cm³/mol. The van der Waals surface area contributed by atoms with Gasteiger partial charge in [0.25, 0.3) is 1.43 Å². The van der Waals surface area contributed by atoms with Gasteiger partial charge >= 0.3 is 73.3 Å². The fraction of sp³-hybridized carbons (Fsp3) is 0.923. The zero-order valence-electron chi connectivity index (χ0n) is 17.9. The molecule has 0 aromatic carbocycles. The number of rotatable bonds is 2. The van der Waals surface area contributed by atoms with Crippen LogP contribution in [0.5, 0.6) is 0 Å². The Kier molecular flexibility index (Phi) is 5.82. The van der Waals surface area contributed by atoms with Gasteiger partial charge in [-0.15, -0.1) is 4.70 Å². The number of halogens is 12. The van der Waals surface area contributed by atoms with Crippen LogP contribution in [0, 0.1) is 0 Å². The summed E-state index contributed by atoms with van der Waals surface area (Å²) in [4.78, 5) is 1.37. The molecule has 2 N–H and O–H groups in total. The van der Waals surface area contributed by atoms with Crippen molar-refractivity contribution in [2.24, 2.45) is 5.11 Å². The molecule has 0 spiro atoms. The zero-order chi connectivity index (χ0) is 26.2. The third-order valence-electron chi connectivity index (χ3n) is 4.45. The summed E-state index contributed by atoms with van der Waals surface area (Å²) in [6, 6.07) is 1.86. The minimum Gasteiger partial charge on any atom is -0.464 e. The Morgan fingerprint density at radius 2 is 1.26 bits per heavy atom. The molecule has 31 heavy (non-hydrogen) atoms. The maximum absolute atomic E-state index is 10.7. The van der Waals surface area contributed by atoms with Crippen LogP contribution in [0.25, 0.3) is 1.43 Å². The molecule has 190 valence electrons. The van der Waals surface area contributed by atoms with Crippen LogP contribution in [-0.4, -0.2) is 39.9 Å². The molecule has 0 aromatic rings. The number of nitrogens with one attached hydrogen (secondary N) is 1. The maximum Gasteiger partial charge on any atom is 0.449 e. The van der Waals surface area contributed by atoms with Crippen LogP contribution < -0.4 is 4.99 Å². The number of hydrogen-bond acceptors (Lipinski definition) is 2. The van der Waals surface area contributed by atoms with Crippen molar-refractivity contribution in [2.75, 3.05) is 0 Å². The number of fused-ring (bicyclic) bond motifs is 2. The van der Waals surface area contributed by atoms with Crippen molar-refractivity contribution in [1.29, 1.82) is 1.43 Å². The van der Waals surface area contributed by atoms with Crippen molar-refractivity contribution in [1.82, 2.24) is 0 Å². The molecule has 0 radical (unpaired) electrons. The van der Waals surface area contributed by atoms with E-state index in [1.165, 1.54) is 30.7 Å². The topological polar surface area (TPSA) is 49.6 Å². The van der Waals surface area contributed by atoms with Gasteiger partial charge in [0.05, 0.1) is 13.3 Å². The average molecular weight is 529 g/mol. The molecule has 4 nitrogen and oxygen atoms in total. The number of aliphatic hydroxyl groups excluding tert-OH is 1. The Bertz CT molecular complexity index is 740. The van der Waals surface area contributed by atoms with Crippen LogP contribution in [-0.2, 0) is 0 Å². The summed E-state index contributed by atoms with van der Waals surface area (Å²) in [5.41, 5.74) is 0. The Hall–Kier alpha value is -0.910. The first-order valence-corrected chi connectivity index (χ1v) is 13.0. The van der Waals surface area contributed by atoms with Crippen LogP contribution in [0.1, 0.15) is 51.9 Å². The normalized spacial score (nSPS) is 34.4. The summed E-state index contributed by atoms with van der Waals surface area (Å²) < 4.78 is 136. The molecule has 2 unspecified atom stereocenters. The van der Waals surface area contributed by atoms with Crippen LogP contribution in [0.4, 0.5) is 50.4 Å². The Labute approximate surface area is 171 Å². The zero-order valence-corrected chi connectivity index (χ0v) is 17.7. The van der Waals surface area contributed by atoms with E-state index < -0.39 is 15.6 Å². The molecule has 4 rings (SSSR count). The summed E-state index contributed by atoms with van der Waals surface area (Å²) >= 11 is 0. The summed E-state index contributed by atoms with van der Waals surface area (Å²) in [6.45, 7) is 1.68. The first-order chi connectivity index (χ1) is 14.1. The largest absolute Gasteiger partial charge is 0.464 e. The monoisotopic (exact) mass is 529 g/mol. The van der Waals surface area contributed by atoms with Crippen molar-refractivity contribution < 1.29 is 66.6 Å². The quantitative estimate of drug-likeness (QED) is 0.126. The summed E-state index contributed by atoms with van der Waals surface area (Å²) in [5.74, 6) is 0.364. The van der Waals surface area contributed by atoms with Gasteiger partial charge in [-0.3, -0.25) is 0 Å². The van der Waals surface area contributed by atoms with E-state index in [2.05, 4.69) is 9.81 Å². The fourth-order valence-corrected chi connectivity index (χ4v) is 3.66. The van der Waals surface area contributed by atoms with Crippen molar-refractivity contribution in [3.05, 3.63) is 0 Å². The van der Waals surface area contributed by atoms with Crippen LogP contribution in [0.2, 0.25) is 1.41 Å². The van der Waals surface area contributed by atoms with E-state index in [1.54, 1.807) is 6.92 Å². The Morgan fingerprint density at radius 1 is 0.839 bits per heavy atom. The summed E-state index contributed by atoms with van der Waals surface area (Å²) in [6.07, 6.45) is 8.19. The van der Waals surface area contributed by atoms with Gasteiger partial charge < -0.3 is 5.11 Å². The number of nitrogens with zero attached hydrogens (tertiary/aromatic N) is 2. The molecule has 2 saturated carbocycles. The SMILES string of the molecule is F[P-](F)(F)(F)(F)F.F[P-](F)(F)(F)(F)F.[2H]O/C(C)=[N+](\[2H])C1CCC([N+]2=NC3CCC2CC3)C1. The number of azo groups is 2. The van der Waals surface area contributed by atoms with Crippen molar-refractivity contribution in [3.8, 4) is 0 Å². The van der Waals surface area contributed by atoms with Crippen LogP contribution in [0.3, 0.4) is 0 Å².